The highest BCUT2D eigenvalue weighted by molar-refractivity contribution is 9.10. The van der Waals surface area contributed by atoms with Crippen LogP contribution in [0.2, 0.25) is 0 Å². The molecule has 0 radical (unpaired) electrons. The van der Waals surface area contributed by atoms with E-state index in [0.29, 0.717) is 12.2 Å². The van der Waals surface area contributed by atoms with Gasteiger partial charge < -0.3 is 10.1 Å². The Hall–Kier alpha value is -0.540. The summed E-state index contributed by atoms with van der Waals surface area (Å²) in [5.41, 5.74) is 1.15. The van der Waals surface area contributed by atoms with Gasteiger partial charge in [0.25, 0.3) is 0 Å². The summed E-state index contributed by atoms with van der Waals surface area (Å²) in [7, 11) is 0. The van der Waals surface area contributed by atoms with Crippen molar-refractivity contribution in [2.24, 2.45) is 0 Å². The lowest BCUT2D eigenvalue weighted by atomic mass is 10.2. The molecule has 1 aromatic carbocycles. The fourth-order valence-electron chi connectivity index (χ4n) is 1.83. The van der Waals surface area contributed by atoms with Crippen molar-refractivity contribution in [1.82, 2.24) is 0 Å². The summed E-state index contributed by atoms with van der Waals surface area (Å²) < 4.78 is 6.84. The number of halogens is 1. The Morgan fingerprint density at radius 3 is 2.67 bits per heavy atom. The van der Waals surface area contributed by atoms with Gasteiger partial charge in [-0.25, -0.2) is 0 Å². The van der Waals surface area contributed by atoms with Crippen molar-refractivity contribution in [3.63, 3.8) is 0 Å². The molecule has 2 nitrogen and oxygen atoms in total. The molecule has 1 heterocycles. The van der Waals surface area contributed by atoms with Gasteiger partial charge in [-0.05, 0) is 44.0 Å². The topological polar surface area (TPSA) is 21.3 Å². The Kier molecular flexibility index (Phi) is 3.65. The normalized spacial score (nSPS) is 25.5. The first-order valence-electron chi connectivity index (χ1n) is 5.39. The predicted molar refractivity (Wildman–Crippen MR) is 66.2 cm³/mol. The zero-order valence-electron chi connectivity index (χ0n) is 8.87. The van der Waals surface area contributed by atoms with Crippen LogP contribution in [0.3, 0.4) is 0 Å². The standard InChI is InChI=1S/C12H16BrNO/c1-9-2-7-12(15-9)8-14-11-5-3-10(13)4-6-11/h3-6,9,12,14H,2,7-8H2,1H3. The van der Waals surface area contributed by atoms with Crippen molar-refractivity contribution in [3.05, 3.63) is 28.7 Å². The maximum atomic E-state index is 5.73. The second-order valence-corrected chi connectivity index (χ2v) is 4.95. The minimum Gasteiger partial charge on any atom is -0.382 e. The lowest BCUT2D eigenvalue weighted by Crippen LogP contribution is -2.19. The van der Waals surface area contributed by atoms with E-state index in [0.717, 1.165) is 16.7 Å². The Morgan fingerprint density at radius 1 is 1.33 bits per heavy atom. The number of ether oxygens (including phenoxy) is 1. The molecule has 1 aliphatic rings. The van der Waals surface area contributed by atoms with Crippen LogP contribution in [-0.2, 0) is 4.74 Å². The predicted octanol–water partition coefficient (Wildman–Crippen LogP) is 3.43. The van der Waals surface area contributed by atoms with Crippen molar-refractivity contribution in [2.45, 2.75) is 32.0 Å². The Labute approximate surface area is 99.1 Å². The first-order valence-corrected chi connectivity index (χ1v) is 6.18. The third kappa shape index (κ3) is 3.21. The Balaban J connectivity index is 1.80. The molecule has 1 aliphatic heterocycles. The summed E-state index contributed by atoms with van der Waals surface area (Å²) in [6, 6.07) is 8.23. The number of hydrogen-bond donors (Lipinski definition) is 1. The SMILES string of the molecule is CC1CCC(CNc2ccc(Br)cc2)O1. The third-order valence-electron chi connectivity index (χ3n) is 2.70. The van der Waals surface area contributed by atoms with Crippen LogP contribution < -0.4 is 5.32 Å². The van der Waals surface area contributed by atoms with Gasteiger partial charge in [0.15, 0.2) is 0 Å². The first-order chi connectivity index (χ1) is 7.24. The van der Waals surface area contributed by atoms with Gasteiger partial charge in [-0.15, -0.1) is 0 Å². The highest BCUT2D eigenvalue weighted by Crippen LogP contribution is 2.20. The first kappa shape index (κ1) is 11.0. The number of benzene rings is 1. The summed E-state index contributed by atoms with van der Waals surface area (Å²) in [5.74, 6) is 0. The van der Waals surface area contributed by atoms with Crippen LogP contribution in [0.4, 0.5) is 5.69 Å². The van der Waals surface area contributed by atoms with Crippen molar-refractivity contribution in [1.29, 1.82) is 0 Å². The van der Waals surface area contributed by atoms with Crippen LogP contribution in [0.25, 0.3) is 0 Å². The molecule has 82 valence electrons. The summed E-state index contributed by atoms with van der Waals surface area (Å²) in [5, 5.41) is 3.39. The maximum Gasteiger partial charge on any atom is 0.0751 e. The van der Waals surface area contributed by atoms with E-state index in [2.05, 4.69) is 40.3 Å². The number of anilines is 1. The van der Waals surface area contributed by atoms with E-state index < -0.39 is 0 Å². The molecule has 2 unspecified atom stereocenters. The molecule has 1 aromatic rings. The molecule has 1 fully saturated rings. The van der Waals surface area contributed by atoms with Crippen LogP contribution in [0.5, 0.6) is 0 Å². The van der Waals surface area contributed by atoms with Crippen molar-refractivity contribution in [3.8, 4) is 0 Å². The van der Waals surface area contributed by atoms with E-state index in [1.807, 2.05) is 12.1 Å². The van der Waals surface area contributed by atoms with Gasteiger partial charge in [-0.3, -0.25) is 0 Å². The molecule has 1 N–H and O–H groups in total. The van der Waals surface area contributed by atoms with Gasteiger partial charge in [-0.1, -0.05) is 15.9 Å². The van der Waals surface area contributed by atoms with Gasteiger partial charge in [0.05, 0.1) is 12.2 Å². The quantitative estimate of drug-likeness (QED) is 0.908. The Morgan fingerprint density at radius 2 is 2.07 bits per heavy atom. The highest BCUT2D eigenvalue weighted by Gasteiger charge is 2.20. The summed E-state index contributed by atoms with van der Waals surface area (Å²) in [4.78, 5) is 0. The molecule has 0 aliphatic carbocycles. The summed E-state index contributed by atoms with van der Waals surface area (Å²) >= 11 is 3.42. The fraction of sp³-hybridized carbons (Fsp3) is 0.500. The fourth-order valence-corrected chi connectivity index (χ4v) is 2.10. The highest BCUT2D eigenvalue weighted by atomic mass is 79.9. The third-order valence-corrected chi connectivity index (χ3v) is 3.23. The molecular weight excluding hydrogens is 254 g/mol. The Bertz CT molecular complexity index is 312. The lowest BCUT2D eigenvalue weighted by Gasteiger charge is -2.13. The molecule has 0 saturated carbocycles. The van der Waals surface area contributed by atoms with Gasteiger partial charge in [0.2, 0.25) is 0 Å². The van der Waals surface area contributed by atoms with Crippen LogP contribution >= 0.6 is 15.9 Å². The molecule has 3 heteroatoms. The van der Waals surface area contributed by atoms with Gasteiger partial charge in [0.1, 0.15) is 0 Å². The molecule has 0 spiro atoms. The average Bonchev–Trinajstić information content (AvgIpc) is 2.64. The van der Waals surface area contributed by atoms with E-state index in [-0.39, 0.29) is 0 Å². The lowest BCUT2D eigenvalue weighted by molar-refractivity contribution is 0.0637. The van der Waals surface area contributed by atoms with E-state index in [9.17, 15) is 0 Å². The molecular formula is C12H16BrNO. The summed E-state index contributed by atoms with van der Waals surface area (Å²) in [6.45, 7) is 3.05. The van der Waals surface area contributed by atoms with E-state index >= 15 is 0 Å². The minimum atomic E-state index is 0.378. The molecule has 0 aromatic heterocycles. The van der Waals surface area contributed by atoms with Crippen LogP contribution in [0.1, 0.15) is 19.8 Å². The smallest absolute Gasteiger partial charge is 0.0751 e. The van der Waals surface area contributed by atoms with Crippen LogP contribution in [0.15, 0.2) is 28.7 Å². The molecule has 1 saturated heterocycles. The largest absolute Gasteiger partial charge is 0.382 e. The van der Waals surface area contributed by atoms with Crippen LogP contribution in [-0.4, -0.2) is 18.8 Å². The monoisotopic (exact) mass is 269 g/mol. The van der Waals surface area contributed by atoms with E-state index in [4.69, 9.17) is 4.74 Å². The number of nitrogens with one attached hydrogen (secondary N) is 1. The van der Waals surface area contributed by atoms with Crippen LogP contribution in [0, 0.1) is 0 Å². The summed E-state index contributed by atoms with van der Waals surface area (Å²) in [6.07, 6.45) is 3.17. The molecule has 0 amide bonds. The van der Waals surface area contributed by atoms with Crippen molar-refractivity contribution in [2.75, 3.05) is 11.9 Å². The zero-order chi connectivity index (χ0) is 10.7. The second kappa shape index (κ2) is 4.99. The van der Waals surface area contributed by atoms with Gasteiger partial charge >= 0.3 is 0 Å². The van der Waals surface area contributed by atoms with Gasteiger partial charge in [0, 0.05) is 16.7 Å². The maximum absolute atomic E-state index is 5.73. The molecule has 2 atom stereocenters. The minimum absolute atomic E-state index is 0.378. The number of hydrogen-bond acceptors (Lipinski definition) is 2. The second-order valence-electron chi connectivity index (χ2n) is 4.03. The van der Waals surface area contributed by atoms with Crippen molar-refractivity contribution >= 4 is 21.6 Å². The van der Waals surface area contributed by atoms with Crippen molar-refractivity contribution < 1.29 is 4.74 Å². The molecule has 2 rings (SSSR count). The molecule has 15 heavy (non-hydrogen) atoms. The number of rotatable bonds is 3. The van der Waals surface area contributed by atoms with E-state index in [1.54, 1.807) is 0 Å². The van der Waals surface area contributed by atoms with Gasteiger partial charge in [-0.2, -0.15) is 0 Å². The molecule has 0 bridgehead atoms. The van der Waals surface area contributed by atoms with E-state index in [1.165, 1.54) is 12.8 Å². The average molecular weight is 270 g/mol. The zero-order valence-corrected chi connectivity index (χ0v) is 10.5.